The fraction of sp³-hybridized carbons (Fsp3) is 0.300. The molecule has 0 heterocycles. The molecule has 0 fully saturated rings. The number of benzene rings is 1. The molecular formula is C10H15N3OS. The van der Waals surface area contributed by atoms with Gasteiger partial charge in [-0.05, 0) is 36.4 Å². The molecule has 15 heavy (non-hydrogen) atoms. The standard InChI is InChI=1S/C10H15N3OS/c11-8-3-5-9(6-4-8)15-7-1-2-10(14)13-12/h3-6H,1-2,7,11-12H2,(H,13,14). The van der Waals surface area contributed by atoms with Gasteiger partial charge in [0, 0.05) is 17.0 Å². The Kier molecular flexibility index (Phi) is 5.00. The zero-order valence-electron chi connectivity index (χ0n) is 8.40. The molecule has 0 atom stereocenters. The number of rotatable bonds is 5. The summed E-state index contributed by atoms with van der Waals surface area (Å²) in [5.41, 5.74) is 8.44. The molecule has 0 saturated heterocycles. The molecule has 5 heteroatoms. The fourth-order valence-corrected chi connectivity index (χ4v) is 1.91. The number of carbonyl (C=O) groups is 1. The van der Waals surface area contributed by atoms with Crippen LogP contribution in [0.2, 0.25) is 0 Å². The van der Waals surface area contributed by atoms with Crippen molar-refractivity contribution < 1.29 is 4.79 Å². The minimum Gasteiger partial charge on any atom is -0.399 e. The van der Waals surface area contributed by atoms with Crippen LogP contribution in [0.1, 0.15) is 12.8 Å². The first-order valence-electron chi connectivity index (χ1n) is 4.70. The summed E-state index contributed by atoms with van der Waals surface area (Å²) >= 11 is 1.71. The first-order chi connectivity index (χ1) is 7.22. The van der Waals surface area contributed by atoms with Gasteiger partial charge in [-0.15, -0.1) is 11.8 Å². The third kappa shape index (κ3) is 4.71. The quantitative estimate of drug-likeness (QED) is 0.175. The number of nitrogens with one attached hydrogen (secondary N) is 1. The number of hydrogen-bond acceptors (Lipinski definition) is 4. The first kappa shape index (κ1) is 11.9. The number of amides is 1. The van der Waals surface area contributed by atoms with E-state index in [2.05, 4.69) is 5.43 Å². The van der Waals surface area contributed by atoms with Gasteiger partial charge in [0.05, 0.1) is 0 Å². The average molecular weight is 225 g/mol. The topological polar surface area (TPSA) is 81.1 Å². The van der Waals surface area contributed by atoms with Crippen molar-refractivity contribution in [2.75, 3.05) is 11.5 Å². The summed E-state index contributed by atoms with van der Waals surface area (Å²) in [6, 6.07) is 7.69. The van der Waals surface area contributed by atoms with Crippen LogP contribution in [0.15, 0.2) is 29.2 Å². The summed E-state index contributed by atoms with van der Waals surface area (Å²) in [7, 11) is 0. The Morgan fingerprint density at radius 3 is 2.60 bits per heavy atom. The van der Waals surface area contributed by atoms with Crippen molar-refractivity contribution in [2.24, 2.45) is 5.84 Å². The van der Waals surface area contributed by atoms with Crippen LogP contribution in [-0.4, -0.2) is 11.7 Å². The second kappa shape index (κ2) is 6.31. The lowest BCUT2D eigenvalue weighted by Crippen LogP contribution is -2.29. The molecule has 0 aromatic heterocycles. The van der Waals surface area contributed by atoms with Crippen LogP contribution in [0.4, 0.5) is 5.69 Å². The van der Waals surface area contributed by atoms with Crippen LogP contribution < -0.4 is 17.0 Å². The van der Waals surface area contributed by atoms with E-state index in [4.69, 9.17) is 11.6 Å². The zero-order valence-corrected chi connectivity index (χ0v) is 9.22. The molecule has 0 bridgehead atoms. The van der Waals surface area contributed by atoms with Gasteiger partial charge < -0.3 is 5.73 Å². The first-order valence-corrected chi connectivity index (χ1v) is 5.68. The van der Waals surface area contributed by atoms with E-state index >= 15 is 0 Å². The normalized spacial score (nSPS) is 9.93. The summed E-state index contributed by atoms with van der Waals surface area (Å²) < 4.78 is 0. The number of carbonyl (C=O) groups excluding carboxylic acids is 1. The van der Waals surface area contributed by atoms with Crippen molar-refractivity contribution in [3.05, 3.63) is 24.3 Å². The lowest BCUT2D eigenvalue weighted by molar-refractivity contribution is -0.121. The van der Waals surface area contributed by atoms with Crippen LogP contribution in [-0.2, 0) is 4.79 Å². The molecule has 0 aliphatic heterocycles. The third-order valence-electron chi connectivity index (χ3n) is 1.86. The molecule has 4 nitrogen and oxygen atoms in total. The van der Waals surface area contributed by atoms with E-state index in [1.165, 1.54) is 0 Å². The van der Waals surface area contributed by atoms with E-state index in [0.717, 1.165) is 22.8 Å². The smallest absolute Gasteiger partial charge is 0.233 e. The molecule has 1 rings (SSSR count). The minimum absolute atomic E-state index is 0.118. The van der Waals surface area contributed by atoms with Gasteiger partial charge in [0.25, 0.3) is 0 Å². The Hall–Kier alpha value is -1.20. The lowest BCUT2D eigenvalue weighted by Gasteiger charge is -2.01. The van der Waals surface area contributed by atoms with E-state index in [1.54, 1.807) is 11.8 Å². The molecule has 1 aromatic carbocycles. The highest BCUT2D eigenvalue weighted by molar-refractivity contribution is 7.99. The van der Waals surface area contributed by atoms with Crippen LogP contribution in [0.3, 0.4) is 0 Å². The van der Waals surface area contributed by atoms with Gasteiger partial charge in [-0.25, -0.2) is 5.84 Å². The highest BCUT2D eigenvalue weighted by Crippen LogP contribution is 2.20. The Morgan fingerprint density at radius 2 is 2.00 bits per heavy atom. The summed E-state index contributed by atoms with van der Waals surface area (Å²) in [5.74, 6) is 5.74. The van der Waals surface area contributed by atoms with E-state index in [1.807, 2.05) is 24.3 Å². The van der Waals surface area contributed by atoms with E-state index in [0.29, 0.717) is 6.42 Å². The Balaban J connectivity index is 2.20. The molecule has 82 valence electrons. The van der Waals surface area contributed by atoms with Gasteiger partial charge in [-0.3, -0.25) is 10.2 Å². The van der Waals surface area contributed by atoms with E-state index < -0.39 is 0 Å². The predicted octanol–water partition coefficient (Wildman–Crippen LogP) is 1.13. The molecule has 0 aliphatic carbocycles. The maximum atomic E-state index is 10.8. The van der Waals surface area contributed by atoms with E-state index in [9.17, 15) is 4.79 Å². The number of thioether (sulfide) groups is 1. The molecule has 0 spiro atoms. The monoisotopic (exact) mass is 225 g/mol. The fourth-order valence-electron chi connectivity index (χ4n) is 1.06. The van der Waals surface area contributed by atoms with Crippen LogP contribution in [0, 0.1) is 0 Å². The minimum atomic E-state index is -0.118. The van der Waals surface area contributed by atoms with Gasteiger partial charge in [0.2, 0.25) is 5.91 Å². The average Bonchev–Trinajstić information content (AvgIpc) is 2.26. The second-order valence-corrected chi connectivity index (χ2v) is 4.26. The number of nitrogen functional groups attached to an aromatic ring is 1. The van der Waals surface area contributed by atoms with Crippen molar-refractivity contribution in [3.63, 3.8) is 0 Å². The highest BCUT2D eigenvalue weighted by Gasteiger charge is 1.98. The summed E-state index contributed by atoms with van der Waals surface area (Å²) in [6.07, 6.45) is 1.29. The third-order valence-corrected chi connectivity index (χ3v) is 2.96. The van der Waals surface area contributed by atoms with Gasteiger partial charge in [-0.2, -0.15) is 0 Å². The van der Waals surface area contributed by atoms with Crippen LogP contribution in [0.5, 0.6) is 0 Å². The summed E-state index contributed by atoms with van der Waals surface area (Å²) in [4.78, 5) is 12.0. The summed E-state index contributed by atoms with van der Waals surface area (Å²) in [6.45, 7) is 0. The van der Waals surface area contributed by atoms with Crippen LogP contribution >= 0.6 is 11.8 Å². The van der Waals surface area contributed by atoms with Gasteiger partial charge in [0.15, 0.2) is 0 Å². The van der Waals surface area contributed by atoms with Gasteiger partial charge in [0.1, 0.15) is 0 Å². The van der Waals surface area contributed by atoms with Gasteiger partial charge in [-0.1, -0.05) is 0 Å². The largest absolute Gasteiger partial charge is 0.399 e. The van der Waals surface area contributed by atoms with Crippen molar-refractivity contribution in [1.82, 2.24) is 5.43 Å². The Morgan fingerprint density at radius 1 is 1.33 bits per heavy atom. The maximum absolute atomic E-state index is 10.8. The highest BCUT2D eigenvalue weighted by atomic mass is 32.2. The van der Waals surface area contributed by atoms with Gasteiger partial charge >= 0.3 is 0 Å². The van der Waals surface area contributed by atoms with Crippen LogP contribution in [0.25, 0.3) is 0 Å². The molecule has 1 amide bonds. The maximum Gasteiger partial charge on any atom is 0.233 e. The SMILES string of the molecule is NNC(=O)CCCSc1ccc(N)cc1. The molecule has 0 aliphatic rings. The molecule has 5 N–H and O–H groups in total. The van der Waals surface area contributed by atoms with Crippen molar-refractivity contribution in [2.45, 2.75) is 17.7 Å². The predicted molar refractivity (Wildman–Crippen MR) is 63.1 cm³/mol. The number of hydrazine groups is 1. The Labute approximate surface area is 93.4 Å². The molecule has 0 radical (unpaired) electrons. The molecule has 1 aromatic rings. The number of nitrogens with two attached hydrogens (primary N) is 2. The Bertz CT molecular complexity index is 313. The molecular weight excluding hydrogens is 210 g/mol. The molecule has 0 saturated carbocycles. The van der Waals surface area contributed by atoms with Crippen molar-refractivity contribution in [3.8, 4) is 0 Å². The van der Waals surface area contributed by atoms with Crippen molar-refractivity contribution >= 4 is 23.4 Å². The van der Waals surface area contributed by atoms with E-state index in [-0.39, 0.29) is 5.91 Å². The molecule has 0 unspecified atom stereocenters. The number of anilines is 1. The summed E-state index contributed by atoms with van der Waals surface area (Å²) in [5, 5.41) is 0. The number of hydrogen-bond donors (Lipinski definition) is 3. The van der Waals surface area contributed by atoms with Crippen molar-refractivity contribution in [1.29, 1.82) is 0 Å². The second-order valence-electron chi connectivity index (χ2n) is 3.09. The lowest BCUT2D eigenvalue weighted by atomic mass is 10.3. The zero-order chi connectivity index (χ0) is 11.1.